The van der Waals surface area contributed by atoms with Crippen molar-refractivity contribution in [3.05, 3.63) is 29.3 Å². The van der Waals surface area contributed by atoms with Gasteiger partial charge in [0.2, 0.25) is 6.29 Å². The quantitative estimate of drug-likeness (QED) is 0.131. The molecule has 2 rings (SSSR count). The molecule has 0 spiro atoms. The van der Waals surface area contributed by atoms with E-state index in [1.165, 1.54) is 13.8 Å². The molecular formula is C25H30F9N3O7. The van der Waals surface area contributed by atoms with Gasteiger partial charge in [0.25, 0.3) is 0 Å². The van der Waals surface area contributed by atoms with Gasteiger partial charge in [-0.3, -0.25) is 9.69 Å². The number of carboxylic acid groups (broad SMARTS) is 1. The van der Waals surface area contributed by atoms with Crippen molar-refractivity contribution >= 4 is 23.9 Å². The van der Waals surface area contributed by atoms with Crippen LogP contribution < -0.4 is 5.32 Å². The third kappa shape index (κ3) is 10.8. The summed E-state index contributed by atoms with van der Waals surface area (Å²) in [6.07, 6.45) is -20.9. The Hall–Kier alpha value is -3.64. The molecule has 1 aromatic rings. The molecule has 0 aliphatic carbocycles. The maximum absolute atomic E-state index is 13.6. The highest BCUT2D eigenvalue weighted by atomic mass is 19.4. The largest absolute Gasteiger partial charge is 0.511 e. The molecule has 1 saturated heterocycles. The number of rotatable bonds is 11. The first-order chi connectivity index (χ1) is 20.2. The molecule has 2 N–H and O–H groups in total. The van der Waals surface area contributed by atoms with Crippen LogP contribution in [0.2, 0.25) is 0 Å². The normalized spacial score (nSPS) is 17.3. The third-order valence-corrected chi connectivity index (χ3v) is 6.40. The molecule has 2 unspecified atom stereocenters. The molecule has 10 nitrogen and oxygen atoms in total. The van der Waals surface area contributed by atoms with Crippen LogP contribution in [-0.4, -0.2) is 90.6 Å². The second kappa shape index (κ2) is 14.9. The molecule has 250 valence electrons. The highest BCUT2D eigenvalue weighted by molar-refractivity contribution is 5.70. The number of piperazine rings is 1. The first kappa shape index (κ1) is 36.6. The van der Waals surface area contributed by atoms with Crippen molar-refractivity contribution in [3.8, 4) is 0 Å². The molecule has 1 aliphatic rings. The molecule has 19 heteroatoms. The molecule has 0 saturated carbocycles. The summed E-state index contributed by atoms with van der Waals surface area (Å²) < 4.78 is 136. The fourth-order valence-corrected chi connectivity index (χ4v) is 4.44. The summed E-state index contributed by atoms with van der Waals surface area (Å²) >= 11 is 0. The van der Waals surface area contributed by atoms with E-state index < -0.39 is 86.7 Å². The van der Waals surface area contributed by atoms with Gasteiger partial charge in [-0.05, 0) is 31.0 Å². The van der Waals surface area contributed by atoms with Crippen LogP contribution in [0.1, 0.15) is 37.8 Å². The molecule has 0 radical (unpaired) electrons. The average molecular weight is 656 g/mol. The van der Waals surface area contributed by atoms with Gasteiger partial charge in [-0.2, -0.15) is 39.5 Å². The number of benzene rings is 1. The number of nitrogens with one attached hydrogen (secondary N) is 1. The molecule has 0 aromatic heterocycles. The lowest BCUT2D eigenvalue weighted by Gasteiger charge is -2.44. The summed E-state index contributed by atoms with van der Waals surface area (Å²) in [5.41, 5.74) is -1.54. The number of amides is 1. The Labute approximate surface area is 245 Å². The van der Waals surface area contributed by atoms with Gasteiger partial charge in [0.1, 0.15) is 0 Å². The maximum atomic E-state index is 13.6. The van der Waals surface area contributed by atoms with Crippen LogP contribution in [0.15, 0.2) is 18.2 Å². The minimum absolute atomic E-state index is 0.00707. The Morgan fingerprint density at radius 2 is 1.66 bits per heavy atom. The standard InChI is InChI=1S/C25H30F9N3O7/c1-3-42-22(41)44-14(2)43-19(38)5-4-8-35-17-11-16(23(26,27)28)7-6-15(17)12-36-9-10-37(21(39)40)13-18(36)20(24(29,30)31)25(32,33)34/h6-7,11,14,18,20,35H,3-5,8-10,12-13H2,1-2H3,(H,39,40). The Kier molecular flexibility index (Phi) is 12.4. The van der Waals surface area contributed by atoms with E-state index in [4.69, 9.17) is 4.74 Å². The summed E-state index contributed by atoms with van der Waals surface area (Å²) in [5.74, 6) is -4.79. The van der Waals surface area contributed by atoms with Crippen molar-refractivity contribution < 1.29 is 73.2 Å². The lowest BCUT2D eigenvalue weighted by Crippen LogP contribution is -2.62. The molecular weight excluding hydrogens is 625 g/mol. The Balaban J connectivity index is 2.24. The van der Waals surface area contributed by atoms with Crippen molar-refractivity contribution in [2.24, 2.45) is 5.92 Å². The number of carbonyl (C=O) groups is 3. The summed E-state index contributed by atoms with van der Waals surface area (Å²) in [6, 6.07) is -0.305. The summed E-state index contributed by atoms with van der Waals surface area (Å²) in [7, 11) is 0. The van der Waals surface area contributed by atoms with Crippen LogP contribution in [0.3, 0.4) is 0 Å². The number of hydrogen-bond acceptors (Lipinski definition) is 8. The van der Waals surface area contributed by atoms with Gasteiger partial charge < -0.3 is 29.5 Å². The number of halogens is 9. The maximum Gasteiger partial charge on any atom is 0.511 e. The summed E-state index contributed by atoms with van der Waals surface area (Å²) in [5, 5.41) is 11.8. The van der Waals surface area contributed by atoms with E-state index in [-0.39, 0.29) is 37.2 Å². The van der Waals surface area contributed by atoms with Gasteiger partial charge in [0, 0.05) is 57.8 Å². The minimum Gasteiger partial charge on any atom is -0.465 e. The molecule has 1 aliphatic heterocycles. The molecule has 1 heterocycles. The van der Waals surface area contributed by atoms with Gasteiger partial charge >= 0.3 is 36.7 Å². The monoisotopic (exact) mass is 655 g/mol. The third-order valence-electron chi connectivity index (χ3n) is 6.40. The minimum atomic E-state index is -5.81. The first-order valence-electron chi connectivity index (χ1n) is 13.1. The van der Waals surface area contributed by atoms with E-state index in [1.54, 1.807) is 0 Å². The smallest absolute Gasteiger partial charge is 0.465 e. The second-order valence-electron chi connectivity index (χ2n) is 9.59. The zero-order valence-corrected chi connectivity index (χ0v) is 23.3. The van der Waals surface area contributed by atoms with Crippen LogP contribution in [-0.2, 0) is 31.7 Å². The van der Waals surface area contributed by atoms with Gasteiger partial charge in [-0.15, -0.1) is 0 Å². The van der Waals surface area contributed by atoms with E-state index in [9.17, 15) is 59.0 Å². The van der Waals surface area contributed by atoms with Crippen molar-refractivity contribution in [1.29, 1.82) is 0 Å². The van der Waals surface area contributed by atoms with Crippen LogP contribution >= 0.6 is 0 Å². The van der Waals surface area contributed by atoms with Gasteiger partial charge in [0.15, 0.2) is 5.92 Å². The lowest BCUT2D eigenvalue weighted by molar-refractivity contribution is -0.302. The van der Waals surface area contributed by atoms with E-state index in [0.717, 1.165) is 11.0 Å². The Bertz CT molecular complexity index is 1130. The Morgan fingerprint density at radius 3 is 2.20 bits per heavy atom. The highest BCUT2D eigenvalue weighted by Gasteiger charge is 2.62. The van der Waals surface area contributed by atoms with Gasteiger partial charge in [-0.25, -0.2) is 9.59 Å². The predicted molar refractivity (Wildman–Crippen MR) is 132 cm³/mol. The predicted octanol–water partition coefficient (Wildman–Crippen LogP) is 5.86. The molecule has 0 bridgehead atoms. The molecule has 1 amide bonds. The van der Waals surface area contributed by atoms with Crippen LogP contribution in [0.5, 0.6) is 0 Å². The van der Waals surface area contributed by atoms with Gasteiger partial charge in [0.05, 0.1) is 12.2 Å². The van der Waals surface area contributed by atoms with Crippen LogP contribution in [0, 0.1) is 5.92 Å². The number of anilines is 1. The van der Waals surface area contributed by atoms with Crippen molar-refractivity contribution in [2.45, 2.75) is 64.1 Å². The van der Waals surface area contributed by atoms with Crippen LogP contribution in [0.25, 0.3) is 0 Å². The van der Waals surface area contributed by atoms with Gasteiger partial charge in [-0.1, -0.05) is 6.07 Å². The molecule has 1 fully saturated rings. The molecule has 2 atom stereocenters. The first-order valence-corrected chi connectivity index (χ1v) is 13.1. The zero-order valence-electron chi connectivity index (χ0n) is 23.3. The Morgan fingerprint density at radius 1 is 1.02 bits per heavy atom. The van der Waals surface area contributed by atoms with E-state index in [0.29, 0.717) is 17.0 Å². The van der Waals surface area contributed by atoms with Crippen molar-refractivity contribution in [3.63, 3.8) is 0 Å². The summed E-state index contributed by atoms with van der Waals surface area (Å²) in [6.45, 7) is -0.285. The number of esters is 1. The summed E-state index contributed by atoms with van der Waals surface area (Å²) in [4.78, 5) is 35.8. The molecule has 1 aromatic carbocycles. The topological polar surface area (TPSA) is 118 Å². The number of hydrogen-bond donors (Lipinski definition) is 2. The fourth-order valence-electron chi connectivity index (χ4n) is 4.44. The van der Waals surface area contributed by atoms with Crippen LogP contribution in [0.4, 0.5) is 54.8 Å². The number of nitrogens with zero attached hydrogens (tertiary/aromatic N) is 2. The van der Waals surface area contributed by atoms with Crippen molar-refractivity contribution in [2.75, 3.05) is 38.1 Å². The zero-order chi connectivity index (χ0) is 33.5. The van der Waals surface area contributed by atoms with Crippen molar-refractivity contribution in [1.82, 2.24) is 9.80 Å². The lowest BCUT2D eigenvalue weighted by atomic mass is 9.93. The van der Waals surface area contributed by atoms with E-state index in [1.807, 2.05) is 0 Å². The second-order valence-corrected chi connectivity index (χ2v) is 9.59. The fraction of sp³-hybridized carbons (Fsp3) is 0.640. The molecule has 44 heavy (non-hydrogen) atoms. The number of ether oxygens (including phenoxy) is 3. The van der Waals surface area contributed by atoms with E-state index >= 15 is 0 Å². The number of alkyl halides is 9. The highest BCUT2D eigenvalue weighted by Crippen LogP contribution is 2.44. The van der Waals surface area contributed by atoms with E-state index in [2.05, 4.69) is 14.8 Å². The SMILES string of the molecule is CCOC(=O)OC(C)OC(=O)CCCNc1cc(C(F)(F)F)ccc1CN1CCN(C(=O)O)CC1C(C(F)(F)F)C(F)(F)F. The number of carbonyl (C=O) groups excluding carboxylic acids is 2. The average Bonchev–Trinajstić information content (AvgIpc) is 2.85.